The molecule has 0 atom stereocenters. The van der Waals surface area contributed by atoms with Crippen molar-refractivity contribution in [1.29, 1.82) is 0 Å². The Morgan fingerprint density at radius 3 is 2.94 bits per heavy atom. The van der Waals surface area contributed by atoms with Crippen LogP contribution in [0.3, 0.4) is 0 Å². The second-order valence-electron chi connectivity index (χ2n) is 3.85. The molecule has 0 saturated heterocycles. The van der Waals surface area contributed by atoms with E-state index in [2.05, 4.69) is 11.8 Å². The summed E-state index contributed by atoms with van der Waals surface area (Å²) in [5, 5.41) is 0. The molecule has 0 aliphatic rings. The van der Waals surface area contributed by atoms with Crippen LogP contribution in [0.4, 0.5) is 0 Å². The van der Waals surface area contributed by atoms with Crippen molar-refractivity contribution < 1.29 is 4.79 Å². The molecule has 0 spiro atoms. The number of nitrogens with two attached hydrogens (primary N) is 1. The Bertz CT molecular complexity index is 471. The lowest BCUT2D eigenvalue weighted by Crippen LogP contribution is -2.28. The molecule has 1 heterocycles. The third kappa shape index (κ3) is 4.05. The largest absolute Gasteiger partial charge is 0.340 e. The number of hydrogen-bond donors (Lipinski definition) is 1. The van der Waals surface area contributed by atoms with Crippen LogP contribution in [0, 0.1) is 18.8 Å². The first-order chi connectivity index (χ1) is 8.60. The average molecular weight is 282 g/mol. The molecular weight excluding hydrogens is 264 g/mol. The topological polar surface area (TPSA) is 46.3 Å². The molecule has 0 aliphatic carbocycles. The lowest BCUT2D eigenvalue weighted by molar-refractivity contribution is 0.0808. The van der Waals surface area contributed by atoms with E-state index in [1.165, 1.54) is 11.3 Å². The highest BCUT2D eigenvalue weighted by Crippen LogP contribution is 2.22. The van der Waals surface area contributed by atoms with Gasteiger partial charge < -0.3 is 10.6 Å². The predicted molar refractivity (Wildman–Crippen MR) is 80.3 cm³/mol. The number of thiophene rings is 1. The zero-order valence-electron chi connectivity index (χ0n) is 10.9. The first kappa shape index (κ1) is 15.1. The fourth-order valence-corrected chi connectivity index (χ4v) is 2.86. The van der Waals surface area contributed by atoms with Gasteiger partial charge in [0.2, 0.25) is 0 Å². The maximum absolute atomic E-state index is 12.1. The number of carbonyl (C=O) groups excluding carboxylic acids is 1. The summed E-state index contributed by atoms with van der Waals surface area (Å²) in [5.41, 5.74) is 6.39. The maximum Gasteiger partial charge on any atom is 0.263 e. The van der Waals surface area contributed by atoms with Crippen LogP contribution in [0.1, 0.15) is 20.1 Å². The molecule has 0 fully saturated rings. The van der Waals surface area contributed by atoms with Gasteiger partial charge in [-0.3, -0.25) is 4.79 Å². The van der Waals surface area contributed by atoms with Crippen LogP contribution in [0.15, 0.2) is 6.07 Å². The molecule has 5 heteroatoms. The quantitative estimate of drug-likeness (QED) is 0.857. The second kappa shape index (κ2) is 7.47. The highest BCUT2D eigenvalue weighted by molar-refractivity contribution is 7.98. The molecule has 1 amide bonds. The molecule has 18 heavy (non-hydrogen) atoms. The summed E-state index contributed by atoms with van der Waals surface area (Å²) in [7, 11) is 1.83. The monoisotopic (exact) mass is 282 g/mol. The molecule has 1 rings (SSSR count). The summed E-state index contributed by atoms with van der Waals surface area (Å²) < 4.78 is 0. The first-order valence-corrected chi connectivity index (χ1v) is 7.85. The summed E-state index contributed by atoms with van der Waals surface area (Å²) in [6, 6.07) is 1.91. The average Bonchev–Trinajstić information content (AvgIpc) is 2.73. The molecule has 0 aliphatic heterocycles. The van der Waals surface area contributed by atoms with Gasteiger partial charge in [0.25, 0.3) is 5.91 Å². The zero-order valence-corrected chi connectivity index (χ0v) is 12.6. The van der Waals surface area contributed by atoms with E-state index in [9.17, 15) is 4.79 Å². The number of hydrogen-bond acceptors (Lipinski definition) is 4. The van der Waals surface area contributed by atoms with Crippen molar-refractivity contribution in [1.82, 2.24) is 4.90 Å². The molecule has 1 aromatic rings. The van der Waals surface area contributed by atoms with Crippen LogP contribution in [-0.4, -0.2) is 43.0 Å². The van der Waals surface area contributed by atoms with Gasteiger partial charge in [0, 0.05) is 19.3 Å². The van der Waals surface area contributed by atoms with Crippen LogP contribution >= 0.6 is 23.1 Å². The molecule has 0 radical (unpaired) electrons. The molecule has 3 nitrogen and oxygen atoms in total. The standard InChI is InChI=1S/C13H18N2OS2/c1-10-9-12(18-11(10)5-4-6-14)13(16)15(2)7-8-17-3/h9H,6-8,14H2,1-3H3. The summed E-state index contributed by atoms with van der Waals surface area (Å²) in [5.74, 6) is 6.84. The molecule has 2 N–H and O–H groups in total. The number of nitrogens with zero attached hydrogens (tertiary/aromatic N) is 1. The van der Waals surface area contributed by atoms with Crippen molar-refractivity contribution in [3.05, 3.63) is 21.4 Å². The molecule has 0 saturated carbocycles. The van der Waals surface area contributed by atoms with Crippen LogP contribution in [-0.2, 0) is 0 Å². The van der Waals surface area contributed by atoms with Gasteiger partial charge >= 0.3 is 0 Å². The van der Waals surface area contributed by atoms with Crippen LogP contribution < -0.4 is 5.73 Å². The van der Waals surface area contributed by atoms with Crippen LogP contribution in [0.5, 0.6) is 0 Å². The Kier molecular flexibility index (Phi) is 6.27. The minimum atomic E-state index is 0.0675. The smallest absolute Gasteiger partial charge is 0.263 e. The van der Waals surface area contributed by atoms with Crippen molar-refractivity contribution in [2.24, 2.45) is 5.73 Å². The van der Waals surface area contributed by atoms with E-state index in [4.69, 9.17) is 5.73 Å². The molecule has 0 unspecified atom stereocenters. The Balaban J connectivity index is 2.81. The summed E-state index contributed by atoms with van der Waals surface area (Å²) in [4.78, 5) is 15.6. The molecule has 98 valence electrons. The van der Waals surface area contributed by atoms with Gasteiger partial charge in [-0.05, 0) is 24.8 Å². The molecular formula is C13H18N2OS2. The third-order valence-electron chi connectivity index (χ3n) is 2.41. The fourth-order valence-electron chi connectivity index (χ4n) is 1.36. The first-order valence-electron chi connectivity index (χ1n) is 5.64. The van der Waals surface area contributed by atoms with E-state index in [0.29, 0.717) is 6.54 Å². The van der Waals surface area contributed by atoms with Gasteiger partial charge in [0.1, 0.15) is 0 Å². The summed E-state index contributed by atoms with van der Waals surface area (Å²) >= 11 is 3.18. The van der Waals surface area contributed by atoms with Gasteiger partial charge in [0.15, 0.2) is 0 Å². The molecule has 0 aromatic carbocycles. The lowest BCUT2D eigenvalue weighted by Gasteiger charge is -2.14. The van der Waals surface area contributed by atoms with Gasteiger partial charge in [0.05, 0.1) is 16.3 Å². The number of thioether (sulfide) groups is 1. The minimum absolute atomic E-state index is 0.0675. The Labute approximate surface area is 117 Å². The normalized spacial score (nSPS) is 9.78. The Morgan fingerprint density at radius 2 is 2.33 bits per heavy atom. The van der Waals surface area contributed by atoms with Gasteiger partial charge in [-0.1, -0.05) is 11.8 Å². The van der Waals surface area contributed by atoms with E-state index in [-0.39, 0.29) is 5.91 Å². The van der Waals surface area contributed by atoms with E-state index < -0.39 is 0 Å². The zero-order chi connectivity index (χ0) is 13.5. The van der Waals surface area contributed by atoms with Gasteiger partial charge in [-0.25, -0.2) is 0 Å². The maximum atomic E-state index is 12.1. The minimum Gasteiger partial charge on any atom is -0.340 e. The van der Waals surface area contributed by atoms with Crippen molar-refractivity contribution in [3.8, 4) is 11.8 Å². The number of carbonyl (C=O) groups is 1. The third-order valence-corrected chi connectivity index (χ3v) is 4.14. The highest BCUT2D eigenvalue weighted by Gasteiger charge is 2.15. The van der Waals surface area contributed by atoms with Crippen molar-refractivity contribution in [2.75, 3.05) is 32.1 Å². The van der Waals surface area contributed by atoms with E-state index in [1.807, 2.05) is 26.3 Å². The summed E-state index contributed by atoms with van der Waals surface area (Å²) in [6.45, 7) is 3.07. The van der Waals surface area contributed by atoms with E-state index >= 15 is 0 Å². The van der Waals surface area contributed by atoms with E-state index in [0.717, 1.165) is 27.6 Å². The summed E-state index contributed by atoms with van der Waals surface area (Å²) in [6.07, 6.45) is 2.04. The lowest BCUT2D eigenvalue weighted by atomic mass is 10.2. The van der Waals surface area contributed by atoms with Crippen molar-refractivity contribution in [3.63, 3.8) is 0 Å². The van der Waals surface area contributed by atoms with Gasteiger partial charge in [-0.15, -0.1) is 11.3 Å². The Morgan fingerprint density at radius 1 is 1.61 bits per heavy atom. The fraction of sp³-hybridized carbons (Fsp3) is 0.462. The Hall–Kier alpha value is -0.960. The van der Waals surface area contributed by atoms with Crippen molar-refractivity contribution in [2.45, 2.75) is 6.92 Å². The SMILES string of the molecule is CSCCN(C)C(=O)c1cc(C)c(C#CCN)s1. The van der Waals surface area contributed by atoms with E-state index in [1.54, 1.807) is 16.7 Å². The highest BCUT2D eigenvalue weighted by atomic mass is 32.2. The van der Waals surface area contributed by atoms with Crippen LogP contribution in [0.25, 0.3) is 0 Å². The number of aryl methyl sites for hydroxylation is 1. The van der Waals surface area contributed by atoms with Crippen molar-refractivity contribution >= 4 is 29.0 Å². The number of amides is 1. The molecule has 0 bridgehead atoms. The van der Waals surface area contributed by atoms with Gasteiger partial charge in [-0.2, -0.15) is 11.8 Å². The van der Waals surface area contributed by atoms with Crippen LogP contribution in [0.2, 0.25) is 0 Å². The second-order valence-corrected chi connectivity index (χ2v) is 5.89. The molecule has 1 aromatic heterocycles. The number of rotatable bonds is 4. The predicted octanol–water partition coefficient (Wildman–Crippen LogP) is 1.80.